The van der Waals surface area contributed by atoms with Crippen molar-refractivity contribution in [1.82, 2.24) is 4.98 Å². The maximum atomic E-state index is 4.91. The molecule has 1 aromatic heterocycles. The summed E-state index contributed by atoms with van der Waals surface area (Å²) in [5.74, 6) is 0.610. The Labute approximate surface area is 122 Å². The molecule has 20 heavy (non-hydrogen) atoms. The van der Waals surface area contributed by atoms with Crippen molar-refractivity contribution in [2.45, 2.75) is 52.4 Å². The summed E-state index contributed by atoms with van der Waals surface area (Å²) in [4.78, 5) is 4.91. The Morgan fingerprint density at radius 1 is 1.15 bits per heavy atom. The highest BCUT2D eigenvalue weighted by atomic mass is 14.7. The summed E-state index contributed by atoms with van der Waals surface area (Å²) >= 11 is 0. The fourth-order valence-electron chi connectivity index (χ4n) is 3.46. The van der Waals surface area contributed by atoms with Crippen LogP contribution in [0.2, 0.25) is 0 Å². The van der Waals surface area contributed by atoms with E-state index in [9.17, 15) is 0 Å². The van der Waals surface area contributed by atoms with E-state index in [4.69, 9.17) is 4.98 Å². The van der Waals surface area contributed by atoms with Gasteiger partial charge in [0.15, 0.2) is 0 Å². The first kappa shape index (κ1) is 13.4. The summed E-state index contributed by atoms with van der Waals surface area (Å²) in [5.41, 5.74) is 8.38. The summed E-state index contributed by atoms with van der Waals surface area (Å²) in [6, 6.07) is 10.8. The lowest BCUT2D eigenvalue weighted by Gasteiger charge is -2.21. The fourth-order valence-corrected chi connectivity index (χ4v) is 3.46. The average Bonchev–Trinajstić information content (AvgIpc) is 2.93. The van der Waals surface area contributed by atoms with E-state index in [0.29, 0.717) is 5.92 Å². The Hall–Kier alpha value is -1.63. The van der Waals surface area contributed by atoms with Crippen LogP contribution in [-0.2, 0) is 12.8 Å². The van der Waals surface area contributed by atoms with Crippen LogP contribution >= 0.6 is 0 Å². The van der Waals surface area contributed by atoms with Gasteiger partial charge >= 0.3 is 0 Å². The highest BCUT2D eigenvalue weighted by Gasteiger charge is 2.24. The number of fused-ring (bicyclic) bond motifs is 1. The molecule has 104 valence electrons. The molecule has 2 aromatic rings. The normalized spacial score (nSPS) is 15.2. The number of aryl methyl sites for hydroxylation is 2. The molecule has 0 aliphatic heterocycles. The van der Waals surface area contributed by atoms with Crippen molar-refractivity contribution in [1.29, 1.82) is 0 Å². The van der Waals surface area contributed by atoms with E-state index in [-0.39, 0.29) is 0 Å². The Morgan fingerprint density at radius 3 is 2.60 bits per heavy atom. The molecule has 0 N–H and O–H groups in total. The third kappa shape index (κ3) is 2.15. The van der Waals surface area contributed by atoms with Gasteiger partial charge in [-0.3, -0.25) is 4.98 Å². The molecule has 3 rings (SSSR count). The van der Waals surface area contributed by atoms with Gasteiger partial charge in [0.25, 0.3) is 0 Å². The Bertz CT molecular complexity index is 613. The molecule has 1 nitrogen and oxygen atoms in total. The lowest BCUT2D eigenvalue weighted by Crippen LogP contribution is -2.06. The molecule has 0 radical (unpaired) electrons. The van der Waals surface area contributed by atoms with Gasteiger partial charge in [-0.15, -0.1) is 0 Å². The van der Waals surface area contributed by atoms with Crippen LogP contribution in [0, 0.1) is 6.92 Å². The molecular formula is C19H23N. The number of nitrogens with zero attached hydrogens (tertiary/aromatic N) is 1. The first-order valence-electron chi connectivity index (χ1n) is 7.80. The molecule has 1 aliphatic rings. The van der Waals surface area contributed by atoms with Crippen molar-refractivity contribution in [3.8, 4) is 11.1 Å². The molecular weight excluding hydrogens is 242 g/mol. The van der Waals surface area contributed by atoms with E-state index in [2.05, 4.69) is 51.1 Å². The largest absolute Gasteiger partial charge is 0.257 e. The molecule has 1 heterocycles. The summed E-state index contributed by atoms with van der Waals surface area (Å²) < 4.78 is 0. The third-order valence-electron chi connectivity index (χ3n) is 4.62. The molecule has 1 heteroatoms. The number of hydrogen-bond acceptors (Lipinski definition) is 1. The number of benzene rings is 1. The summed E-state index contributed by atoms with van der Waals surface area (Å²) in [6.45, 7) is 6.82. The molecule has 1 aromatic carbocycles. The van der Waals surface area contributed by atoms with Crippen molar-refractivity contribution in [2.75, 3.05) is 0 Å². The van der Waals surface area contributed by atoms with Crippen LogP contribution < -0.4 is 0 Å². The molecule has 0 saturated heterocycles. The molecule has 0 spiro atoms. The Balaban J connectivity index is 2.28. The van der Waals surface area contributed by atoms with Crippen LogP contribution in [0.3, 0.4) is 0 Å². The van der Waals surface area contributed by atoms with Gasteiger partial charge in [-0.1, -0.05) is 44.2 Å². The number of rotatable bonds is 3. The zero-order chi connectivity index (χ0) is 14.1. The van der Waals surface area contributed by atoms with Crippen molar-refractivity contribution in [3.63, 3.8) is 0 Å². The second kappa shape index (κ2) is 5.40. The minimum absolute atomic E-state index is 0.610. The van der Waals surface area contributed by atoms with Gasteiger partial charge in [0.1, 0.15) is 0 Å². The van der Waals surface area contributed by atoms with Gasteiger partial charge in [0, 0.05) is 17.0 Å². The van der Waals surface area contributed by atoms with E-state index in [1.807, 2.05) is 0 Å². The molecule has 0 amide bonds. The predicted octanol–water partition coefficient (Wildman–Crippen LogP) is 5.06. The zero-order valence-corrected chi connectivity index (χ0v) is 12.7. The average molecular weight is 265 g/mol. The van der Waals surface area contributed by atoms with Gasteiger partial charge in [-0.25, -0.2) is 0 Å². The molecule has 1 unspecified atom stereocenters. The highest BCUT2D eigenvalue weighted by Crippen LogP contribution is 2.39. The van der Waals surface area contributed by atoms with Crippen LogP contribution in [0.25, 0.3) is 11.1 Å². The standard InChI is InChI=1S/C19H23N/c1-4-13(2)18-16-11-8-12-17(16)20-14(3)19(18)15-9-6-5-7-10-15/h5-7,9-10,13H,4,8,11-12H2,1-3H3. The Morgan fingerprint density at radius 2 is 1.90 bits per heavy atom. The molecule has 1 atom stereocenters. The number of aromatic nitrogens is 1. The molecule has 0 saturated carbocycles. The topological polar surface area (TPSA) is 12.9 Å². The van der Waals surface area contributed by atoms with Crippen molar-refractivity contribution in [3.05, 3.63) is 52.8 Å². The van der Waals surface area contributed by atoms with E-state index in [0.717, 1.165) is 6.42 Å². The van der Waals surface area contributed by atoms with E-state index < -0.39 is 0 Å². The highest BCUT2D eigenvalue weighted by molar-refractivity contribution is 5.72. The lowest BCUT2D eigenvalue weighted by atomic mass is 9.85. The third-order valence-corrected chi connectivity index (χ3v) is 4.62. The number of pyridine rings is 1. The van der Waals surface area contributed by atoms with Crippen LogP contribution in [0.15, 0.2) is 30.3 Å². The second-order valence-electron chi connectivity index (χ2n) is 5.94. The minimum atomic E-state index is 0.610. The van der Waals surface area contributed by atoms with Crippen LogP contribution in [0.1, 0.15) is 55.1 Å². The van der Waals surface area contributed by atoms with E-state index in [1.165, 1.54) is 41.8 Å². The fraction of sp³-hybridized carbons (Fsp3) is 0.421. The predicted molar refractivity (Wildman–Crippen MR) is 85.1 cm³/mol. The zero-order valence-electron chi connectivity index (χ0n) is 12.7. The minimum Gasteiger partial charge on any atom is -0.257 e. The van der Waals surface area contributed by atoms with Crippen molar-refractivity contribution in [2.24, 2.45) is 0 Å². The number of hydrogen-bond donors (Lipinski definition) is 0. The SMILES string of the molecule is CCC(C)c1c2c(nc(C)c1-c1ccccc1)CCC2. The van der Waals surface area contributed by atoms with E-state index >= 15 is 0 Å². The second-order valence-corrected chi connectivity index (χ2v) is 5.94. The van der Waals surface area contributed by atoms with Crippen molar-refractivity contribution >= 4 is 0 Å². The van der Waals surface area contributed by atoms with Gasteiger partial charge < -0.3 is 0 Å². The summed E-state index contributed by atoms with van der Waals surface area (Å²) in [6.07, 6.45) is 4.83. The van der Waals surface area contributed by atoms with Gasteiger partial charge in [-0.2, -0.15) is 0 Å². The maximum absolute atomic E-state index is 4.91. The quantitative estimate of drug-likeness (QED) is 0.756. The van der Waals surface area contributed by atoms with E-state index in [1.54, 1.807) is 11.1 Å². The van der Waals surface area contributed by atoms with Crippen LogP contribution in [0.5, 0.6) is 0 Å². The van der Waals surface area contributed by atoms with Crippen molar-refractivity contribution < 1.29 is 0 Å². The maximum Gasteiger partial charge on any atom is 0.0457 e. The van der Waals surface area contributed by atoms with Crippen LogP contribution in [0.4, 0.5) is 0 Å². The summed E-state index contributed by atoms with van der Waals surface area (Å²) in [7, 11) is 0. The lowest BCUT2D eigenvalue weighted by molar-refractivity contribution is 0.722. The van der Waals surface area contributed by atoms with Gasteiger partial charge in [-0.05, 0) is 55.2 Å². The molecule has 1 aliphatic carbocycles. The van der Waals surface area contributed by atoms with Gasteiger partial charge in [0.2, 0.25) is 0 Å². The molecule has 0 bridgehead atoms. The first-order valence-corrected chi connectivity index (χ1v) is 7.80. The monoisotopic (exact) mass is 265 g/mol. The van der Waals surface area contributed by atoms with Gasteiger partial charge in [0.05, 0.1) is 0 Å². The summed E-state index contributed by atoms with van der Waals surface area (Å²) in [5, 5.41) is 0. The Kier molecular flexibility index (Phi) is 3.60. The smallest absolute Gasteiger partial charge is 0.0457 e. The van der Waals surface area contributed by atoms with Crippen LogP contribution in [-0.4, -0.2) is 4.98 Å². The molecule has 0 fully saturated rings. The first-order chi connectivity index (χ1) is 9.72.